The predicted molar refractivity (Wildman–Crippen MR) is 43.8 cm³/mol. The van der Waals surface area contributed by atoms with Crippen LogP contribution in [0.2, 0.25) is 0 Å². The molecule has 1 aliphatic heterocycles. The van der Waals surface area contributed by atoms with Gasteiger partial charge in [-0.05, 0) is 13.3 Å². The van der Waals surface area contributed by atoms with Gasteiger partial charge in [-0.25, -0.2) is 0 Å². The Bertz CT molecular complexity index is 206. The van der Waals surface area contributed by atoms with Crippen molar-refractivity contribution in [2.24, 2.45) is 0 Å². The summed E-state index contributed by atoms with van der Waals surface area (Å²) in [4.78, 5) is 0. The number of aliphatic hydroxyl groups is 2. The van der Waals surface area contributed by atoms with Gasteiger partial charge in [-0.15, -0.1) is 0 Å². The molecular weight excluding hydrogens is 156 g/mol. The lowest BCUT2D eigenvalue weighted by Crippen LogP contribution is -2.50. The Morgan fingerprint density at radius 2 is 2.25 bits per heavy atom. The van der Waals surface area contributed by atoms with Gasteiger partial charge in [0.05, 0.1) is 17.8 Å². The highest BCUT2D eigenvalue weighted by atomic mass is 16.6. The van der Waals surface area contributed by atoms with Gasteiger partial charge in [0.25, 0.3) is 0 Å². The maximum Gasteiger partial charge on any atom is 0.121 e. The van der Waals surface area contributed by atoms with Crippen molar-refractivity contribution in [3.63, 3.8) is 0 Å². The summed E-state index contributed by atoms with van der Waals surface area (Å²) in [7, 11) is 0. The molecule has 3 nitrogen and oxygen atoms in total. The van der Waals surface area contributed by atoms with E-state index in [1.54, 1.807) is 0 Å². The Morgan fingerprint density at radius 1 is 1.58 bits per heavy atom. The number of hydrogen-bond acceptors (Lipinski definition) is 3. The molecule has 0 amide bonds. The van der Waals surface area contributed by atoms with E-state index in [1.807, 2.05) is 13.8 Å². The van der Waals surface area contributed by atoms with Crippen LogP contribution in [0.1, 0.15) is 33.1 Å². The summed E-state index contributed by atoms with van der Waals surface area (Å²) in [5.74, 6) is 0. The lowest BCUT2D eigenvalue weighted by atomic mass is 9.73. The van der Waals surface area contributed by atoms with Crippen molar-refractivity contribution >= 4 is 0 Å². The smallest absolute Gasteiger partial charge is 0.121 e. The van der Waals surface area contributed by atoms with Crippen molar-refractivity contribution in [3.8, 4) is 0 Å². The van der Waals surface area contributed by atoms with Crippen LogP contribution in [0, 0.1) is 0 Å². The molecule has 3 heteroatoms. The normalized spacial score (nSPS) is 58.0. The maximum atomic E-state index is 10.1. The van der Waals surface area contributed by atoms with E-state index in [0.717, 1.165) is 0 Å². The molecule has 1 heterocycles. The highest BCUT2D eigenvalue weighted by molar-refractivity contribution is 5.16. The minimum absolute atomic E-state index is 0.0752. The molecular formula is C9H16O3. The summed E-state index contributed by atoms with van der Waals surface area (Å²) in [6.45, 7) is 3.87. The number of ether oxygens (including phenoxy) is 1. The Balaban J connectivity index is 2.21. The van der Waals surface area contributed by atoms with E-state index in [1.165, 1.54) is 0 Å². The molecule has 2 aliphatic rings. The summed E-state index contributed by atoms with van der Waals surface area (Å²) < 4.78 is 5.43. The first kappa shape index (κ1) is 8.48. The quantitative estimate of drug-likeness (QED) is 0.564. The average molecular weight is 172 g/mol. The molecule has 1 saturated carbocycles. The monoisotopic (exact) mass is 172 g/mol. The molecule has 2 rings (SSSR count). The number of rotatable bonds is 1. The molecule has 0 aromatic carbocycles. The Kier molecular flexibility index (Phi) is 1.57. The largest absolute Gasteiger partial charge is 0.393 e. The first-order chi connectivity index (χ1) is 5.52. The maximum absolute atomic E-state index is 10.1. The fraction of sp³-hybridized carbons (Fsp3) is 1.00. The van der Waals surface area contributed by atoms with Crippen LogP contribution < -0.4 is 0 Å². The molecule has 70 valence electrons. The van der Waals surface area contributed by atoms with Crippen LogP contribution in [-0.4, -0.2) is 33.6 Å². The lowest BCUT2D eigenvalue weighted by Gasteiger charge is -2.36. The van der Waals surface area contributed by atoms with Crippen LogP contribution in [0.4, 0.5) is 0 Å². The third kappa shape index (κ3) is 0.873. The van der Waals surface area contributed by atoms with Crippen molar-refractivity contribution < 1.29 is 14.9 Å². The molecule has 0 radical (unpaired) electrons. The van der Waals surface area contributed by atoms with E-state index in [4.69, 9.17) is 4.74 Å². The van der Waals surface area contributed by atoms with Gasteiger partial charge in [0.2, 0.25) is 0 Å². The summed E-state index contributed by atoms with van der Waals surface area (Å²) in [5.41, 5.74) is -1.18. The van der Waals surface area contributed by atoms with Gasteiger partial charge in [0.15, 0.2) is 0 Å². The van der Waals surface area contributed by atoms with Crippen molar-refractivity contribution in [1.29, 1.82) is 0 Å². The third-order valence-electron chi connectivity index (χ3n) is 3.51. The molecule has 1 aliphatic carbocycles. The molecule has 0 aromatic rings. The Morgan fingerprint density at radius 3 is 2.83 bits per heavy atom. The van der Waals surface area contributed by atoms with Crippen LogP contribution in [-0.2, 0) is 4.74 Å². The van der Waals surface area contributed by atoms with Crippen LogP contribution >= 0.6 is 0 Å². The summed E-state index contributed by atoms with van der Waals surface area (Å²) in [6, 6.07) is 0. The SMILES string of the molecule is CCC1(O)CC(O)CC2OC21C. The average Bonchev–Trinajstić information content (AvgIpc) is 2.62. The number of fused-ring (bicyclic) bond motifs is 1. The van der Waals surface area contributed by atoms with Crippen molar-refractivity contribution in [1.82, 2.24) is 0 Å². The van der Waals surface area contributed by atoms with Crippen LogP contribution in [0.15, 0.2) is 0 Å². The highest BCUT2D eigenvalue weighted by Crippen LogP contribution is 2.54. The number of aliphatic hydroxyl groups excluding tert-OH is 1. The summed E-state index contributed by atoms with van der Waals surface area (Å²) in [5, 5.41) is 19.6. The van der Waals surface area contributed by atoms with Crippen LogP contribution in [0.5, 0.6) is 0 Å². The van der Waals surface area contributed by atoms with Gasteiger partial charge in [0.1, 0.15) is 5.60 Å². The van der Waals surface area contributed by atoms with Gasteiger partial charge in [-0.3, -0.25) is 0 Å². The van der Waals surface area contributed by atoms with E-state index >= 15 is 0 Å². The van der Waals surface area contributed by atoms with E-state index in [0.29, 0.717) is 19.3 Å². The van der Waals surface area contributed by atoms with Gasteiger partial charge in [0, 0.05) is 12.8 Å². The fourth-order valence-corrected chi connectivity index (χ4v) is 2.36. The second-order valence-corrected chi connectivity index (χ2v) is 4.19. The Labute approximate surface area is 72.3 Å². The molecule has 1 saturated heterocycles. The molecule has 0 aromatic heterocycles. The lowest BCUT2D eigenvalue weighted by molar-refractivity contribution is -0.0747. The van der Waals surface area contributed by atoms with Crippen molar-refractivity contribution in [2.75, 3.05) is 0 Å². The number of epoxide rings is 1. The molecule has 4 atom stereocenters. The van der Waals surface area contributed by atoms with E-state index in [-0.39, 0.29) is 11.7 Å². The first-order valence-electron chi connectivity index (χ1n) is 4.60. The zero-order valence-corrected chi connectivity index (χ0v) is 7.58. The van der Waals surface area contributed by atoms with Crippen LogP contribution in [0.25, 0.3) is 0 Å². The zero-order valence-electron chi connectivity index (χ0n) is 7.58. The predicted octanol–water partition coefficient (Wildman–Crippen LogP) is 0.440. The van der Waals surface area contributed by atoms with Crippen molar-refractivity contribution in [2.45, 2.75) is 56.5 Å². The van der Waals surface area contributed by atoms with Gasteiger partial charge in [-0.1, -0.05) is 6.92 Å². The second-order valence-electron chi connectivity index (χ2n) is 4.19. The molecule has 4 unspecified atom stereocenters. The summed E-state index contributed by atoms with van der Waals surface area (Å²) in [6.07, 6.45) is 1.47. The fourth-order valence-electron chi connectivity index (χ4n) is 2.36. The topological polar surface area (TPSA) is 53.0 Å². The highest BCUT2D eigenvalue weighted by Gasteiger charge is 2.67. The standard InChI is InChI=1S/C9H16O3/c1-3-9(11)5-6(10)4-7-8(9,2)12-7/h6-7,10-11H,3-5H2,1-2H3. The molecule has 2 fully saturated rings. The Hall–Kier alpha value is -0.120. The molecule has 0 spiro atoms. The van der Waals surface area contributed by atoms with Gasteiger partial charge in [-0.2, -0.15) is 0 Å². The number of hydrogen-bond donors (Lipinski definition) is 2. The van der Waals surface area contributed by atoms with Crippen LogP contribution in [0.3, 0.4) is 0 Å². The zero-order chi connectivity index (χ0) is 8.98. The summed E-state index contributed by atoms with van der Waals surface area (Å²) >= 11 is 0. The third-order valence-corrected chi connectivity index (χ3v) is 3.51. The van der Waals surface area contributed by atoms with Crippen molar-refractivity contribution in [3.05, 3.63) is 0 Å². The van der Waals surface area contributed by atoms with E-state index in [9.17, 15) is 10.2 Å². The molecule has 12 heavy (non-hydrogen) atoms. The molecule has 2 N–H and O–H groups in total. The van der Waals surface area contributed by atoms with E-state index in [2.05, 4.69) is 0 Å². The minimum Gasteiger partial charge on any atom is -0.393 e. The minimum atomic E-state index is -0.810. The van der Waals surface area contributed by atoms with Gasteiger partial charge < -0.3 is 14.9 Å². The molecule has 0 bridgehead atoms. The second kappa shape index (κ2) is 2.22. The van der Waals surface area contributed by atoms with Gasteiger partial charge >= 0.3 is 0 Å². The first-order valence-corrected chi connectivity index (χ1v) is 4.60. The van der Waals surface area contributed by atoms with E-state index < -0.39 is 11.7 Å².